The molecule has 0 aliphatic heterocycles. The third kappa shape index (κ3) is 4.03. The monoisotopic (exact) mass is 281 g/mol. The number of nitrogens with zero attached hydrogens (tertiary/aromatic N) is 2. The highest BCUT2D eigenvalue weighted by molar-refractivity contribution is 7.89. The molecule has 0 fully saturated rings. The summed E-state index contributed by atoms with van der Waals surface area (Å²) in [6.07, 6.45) is 3.65. The van der Waals surface area contributed by atoms with Crippen molar-refractivity contribution in [3.8, 4) is 11.8 Å². The molecule has 0 aromatic carbocycles. The number of hydrogen-bond donors (Lipinski definition) is 1. The van der Waals surface area contributed by atoms with Gasteiger partial charge in [0.15, 0.2) is 0 Å². The molecule has 1 heterocycles. The van der Waals surface area contributed by atoms with Gasteiger partial charge >= 0.3 is 0 Å². The highest BCUT2D eigenvalue weighted by Crippen LogP contribution is 2.15. The fraction of sp³-hybridized carbons (Fsp3) is 0.462. The number of nitrogens with two attached hydrogens (primary N) is 1. The Morgan fingerprint density at radius 1 is 1.37 bits per heavy atom. The van der Waals surface area contributed by atoms with E-state index >= 15 is 0 Å². The van der Waals surface area contributed by atoms with E-state index in [1.165, 1.54) is 22.8 Å². The second-order valence-corrected chi connectivity index (χ2v) is 5.85. The Labute approximate surface area is 114 Å². The molecule has 0 saturated heterocycles. The maximum Gasteiger partial charge on any atom is 0.244 e. The molecule has 0 amide bonds. The van der Waals surface area contributed by atoms with E-state index in [1.54, 1.807) is 0 Å². The van der Waals surface area contributed by atoms with Gasteiger partial charge in [0, 0.05) is 31.0 Å². The molecule has 0 atom stereocenters. The van der Waals surface area contributed by atoms with Gasteiger partial charge in [0.05, 0.1) is 6.54 Å². The van der Waals surface area contributed by atoms with E-state index in [9.17, 15) is 8.42 Å². The molecule has 0 aliphatic rings. The first-order valence-corrected chi connectivity index (χ1v) is 7.64. The fourth-order valence-corrected chi connectivity index (χ4v) is 3.16. The van der Waals surface area contributed by atoms with Gasteiger partial charge in [-0.2, -0.15) is 4.31 Å². The van der Waals surface area contributed by atoms with Crippen molar-refractivity contribution in [1.82, 2.24) is 9.29 Å². The molecule has 5 nitrogen and oxygen atoms in total. The zero-order valence-electron chi connectivity index (χ0n) is 11.3. The van der Waals surface area contributed by atoms with Gasteiger partial charge in [-0.25, -0.2) is 8.42 Å². The Hall–Kier alpha value is -1.42. The van der Waals surface area contributed by atoms with Gasteiger partial charge in [0.25, 0.3) is 0 Å². The first kappa shape index (κ1) is 15.6. The minimum atomic E-state index is -3.49. The number of hydrogen-bond acceptors (Lipinski definition) is 4. The number of rotatable bonds is 5. The zero-order valence-corrected chi connectivity index (χ0v) is 12.1. The van der Waals surface area contributed by atoms with E-state index in [0.29, 0.717) is 18.7 Å². The maximum atomic E-state index is 12.4. The van der Waals surface area contributed by atoms with Crippen molar-refractivity contribution in [2.75, 3.05) is 19.6 Å². The smallest absolute Gasteiger partial charge is 0.244 e. The van der Waals surface area contributed by atoms with E-state index in [4.69, 9.17) is 5.73 Å². The highest BCUT2D eigenvalue weighted by Gasteiger charge is 2.22. The number of sulfonamides is 1. The number of aromatic nitrogens is 1. The summed E-state index contributed by atoms with van der Waals surface area (Å²) in [6.45, 7) is 4.93. The van der Waals surface area contributed by atoms with Gasteiger partial charge in [-0.3, -0.25) is 4.98 Å². The van der Waals surface area contributed by atoms with Crippen LogP contribution in [0.1, 0.15) is 25.8 Å². The first-order valence-electron chi connectivity index (χ1n) is 6.20. The molecule has 19 heavy (non-hydrogen) atoms. The average molecular weight is 281 g/mol. The molecule has 6 heteroatoms. The zero-order chi connectivity index (χ0) is 14.3. The van der Waals surface area contributed by atoms with Crippen LogP contribution in [0.5, 0.6) is 0 Å². The van der Waals surface area contributed by atoms with Gasteiger partial charge in [-0.15, -0.1) is 0 Å². The van der Waals surface area contributed by atoms with Crippen LogP contribution in [0.4, 0.5) is 0 Å². The lowest BCUT2D eigenvalue weighted by atomic mass is 10.3. The summed E-state index contributed by atoms with van der Waals surface area (Å²) >= 11 is 0. The summed E-state index contributed by atoms with van der Waals surface area (Å²) in [5.74, 6) is 5.47. The lowest BCUT2D eigenvalue weighted by molar-refractivity contribution is 0.427. The third-order valence-electron chi connectivity index (χ3n) is 2.51. The second-order valence-electron chi connectivity index (χ2n) is 3.91. The van der Waals surface area contributed by atoms with Crippen LogP contribution in [-0.4, -0.2) is 37.3 Å². The van der Waals surface area contributed by atoms with Crippen molar-refractivity contribution >= 4 is 10.0 Å². The molecule has 1 aromatic rings. The molecule has 104 valence electrons. The SMILES string of the molecule is CCCN(CC)S(=O)(=O)c1cncc(C#CCN)c1. The normalized spacial score (nSPS) is 11.2. The summed E-state index contributed by atoms with van der Waals surface area (Å²) in [5.41, 5.74) is 5.84. The van der Waals surface area contributed by atoms with Gasteiger partial charge in [0.1, 0.15) is 4.90 Å². The van der Waals surface area contributed by atoms with Crippen molar-refractivity contribution < 1.29 is 8.42 Å². The predicted molar refractivity (Wildman–Crippen MR) is 74.9 cm³/mol. The van der Waals surface area contributed by atoms with Gasteiger partial charge in [-0.05, 0) is 12.5 Å². The Bertz CT molecular complexity index is 573. The van der Waals surface area contributed by atoms with Crippen LogP contribution < -0.4 is 5.73 Å². The van der Waals surface area contributed by atoms with E-state index in [2.05, 4.69) is 16.8 Å². The molecule has 0 spiro atoms. The molecule has 2 N–H and O–H groups in total. The summed E-state index contributed by atoms with van der Waals surface area (Å²) < 4.78 is 26.2. The highest BCUT2D eigenvalue weighted by atomic mass is 32.2. The third-order valence-corrected chi connectivity index (χ3v) is 4.45. The van der Waals surface area contributed by atoms with Crippen molar-refractivity contribution in [2.24, 2.45) is 5.73 Å². The Kier molecular flexibility index (Phi) is 5.96. The van der Waals surface area contributed by atoms with Gasteiger partial charge < -0.3 is 5.73 Å². The van der Waals surface area contributed by atoms with E-state index < -0.39 is 10.0 Å². The van der Waals surface area contributed by atoms with Crippen LogP contribution >= 0.6 is 0 Å². The Morgan fingerprint density at radius 3 is 2.68 bits per heavy atom. The molecular weight excluding hydrogens is 262 g/mol. The molecule has 0 unspecified atom stereocenters. The number of pyridine rings is 1. The standard InChI is InChI=1S/C13H19N3O2S/c1-3-8-16(4-2)19(17,18)13-9-12(6-5-7-14)10-15-11-13/h9-11H,3-4,7-8,14H2,1-2H3. The van der Waals surface area contributed by atoms with Crippen molar-refractivity contribution in [3.63, 3.8) is 0 Å². The second kappa shape index (κ2) is 7.24. The van der Waals surface area contributed by atoms with Crippen LogP contribution in [0.25, 0.3) is 0 Å². The van der Waals surface area contributed by atoms with Crippen molar-refractivity contribution in [1.29, 1.82) is 0 Å². The van der Waals surface area contributed by atoms with Crippen molar-refractivity contribution in [2.45, 2.75) is 25.2 Å². The van der Waals surface area contributed by atoms with Crippen LogP contribution in [0.15, 0.2) is 23.4 Å². The average Bonchev–Trinajstić information content (AvgIpc) is 2.42. The first-order chi connectivity index (χ1) is 9.06. The van der Waals surface area contributed by atoms with Crippen LogP contribution in [-0.2, 0) is 10.0 Å². The largest absolute Gasteiger partial charge is 0.320 e. The van der Waals surface area contributed by atoms with E-state index in [1.807, 2.05) is 13.8 Å². The lowest BCUT2D eigenvalue weighted by Crippen LogP contribution is -2.31. The van der Waals surface area contributed by atoms with Crippen LogP contribution in [0.3, 0.4) is 0 Å². The summed E-state index contributed by atoms with van der Waals surface area (Å²) in [6, 6.07) is 1.53. The van der Waals surface area contributed by atoms with Crippen LogP contribution in [0.2, 0.25) is 0 Å². The maximum absolute atomic E-state index is 12.4. The van der Waals surface area contributed by atoms with Crippen molar-refractivity contribution in [3.05, 3.63) is 24.0 Å². The lowest BCUT2D eigenvalue weighted by Gasteiger charge is -2.19. The van der Waals surface area contributed by atoms with Gasteiger partial charge in [0.2, 0.25) is 10.0 Å². The molecule has 0 saturated carbocycles. The van der Waals surface area contributed by atoms with Crippen LogP contribution in [0, 0.1) is 11.8 Å². The molecule has 0 radical (unpaired) electrons. The molecule has 1 rings (SSSR count). The molecule has 1 aromatic heterocycles. The fourth-order valence-electron chi connectivity index (χ4n) is 1.63. The molecule has 0 bridgehead atoms. The van der Waals surface area contributed by atoms with E-state index in [0.717, 1.165) is 6.42 Å². The molecular formula is C13H19N3O2S. The van der Waals surface area contributed by atoms with E-state index in [-0.39, 0.29) is 11.4 Å². The summed E-state index contributed by atoms with van der Waals surface area (Å²) in [7, 11) is -3.49. The minimum absolute atomic E-state index is 0.173. The Balaban J connectivity index is 3.14. The van der Waals surface area contributed by atoms with Gasteiger partial charge in [-0.1, -0.05) is 25.7 Å². The quantitative estimate of drug-likeness (QED) is 0.810. The summed E-state index contributed by atoms with van der Waals surface area (Å²) in [5, 5.41) is 0. The minimum Gasteiger partial charge on any atom is -0.320 e. The Morgan fingerprint density at radius 2 is 2.11 bits per heavy atom. The predicted octanol–water partition coefficient (Wildman–Crippen LogP) is 0.812. The molecule has 0 aliphatic carbocycles. The topological polar surface area (TPSA) is 76.3 Å². The summed E-state index contributed by atoms with van der Waals surface area (Å²) in [4.78, 5) is 4.10.